The summed E-state index contributed by atoms with van der Waals surface area (Å²) in [4.78, 5) is 27.1. The Balaban J connectivity index is 3.32. The highest BCUT2D eigenvalue weighted by atomic mass is 16.5. The Morgan fingerprint density at radius 3 is 2.25 bits per heavy atom. The van der Waals surface area contributed by atoms with E-state index in [4.69, 9.17) is 9.47 Å². The molecule has 0 saturated heterocycles. The Morgan fingerprint density at radius 2 is 1.80 bits per heavy atom. The summed E-state index contributed by atoms with van der Waals surface area (Å²) in [5.74, 6) is 0.676. The maximum absolute atomic E-state index is 12.5. The van der Waals surface area contributed by atoms with Crippen molar-refractivity contribution < 1.29 is 14.3 Å². The van der Waals surface area contributed by atoms with Crippen LogP contribution in [-0.4, -0.2) is 25.0 Å². The smallest absolute Gasteiger partial charge is 0.262 e. The lowest BCUT2D eigenvalue weighted by Gasteiger charge is -2.16. The zero-order chi connectivity index (χ0) is 15.4. The molecule has 0 aromatic carbocycles. The Hall–Kier alpha value is -1.78. The zero-order valence-corrected chi connectivity index (χ0v) is 13.0. The number of rotatable bonds is 6. The number of pyridine rings is 1. The molecule has 5 heteroatoms. The van der Waals surface area contributed by atoms with Crippen molar-refractivity contribution in [3.8, 4) is 11.6 Å². The van der Waals surface area contributed by atoms with Crippen LogP contribution in [0.3, 0.4) is 0 Å². The lowest BCUT2D eigenvalue weighted by Crippen LogP contribution is -2.25. The van der Waals surface area contributed by atoms with Crippen molar-refractivity contribution in [2.45, 2.75) is 34.1 Å². The number of aromatic nitrogens is 1. The van der Waals surface area contributed by atoms with Gasteiger partial charge in [0, 0.05) is 11.5 Å². The first kappa shape index (κ1) is 16.3. The van der Waals surface area contributed by atoms with Crippen molar-refractivity contribution in [1.82, 2.24) is 4.98 Å². The first-order chi connectivity index (χ1) is 9.33. The van der Waals surface area contributed by atoms with E-state index in [1.54, 1.807) is 6.92 Å². The second kappa shape index (κ2) is 6.59. The van der Waals surface area contributed by atoms with E-state index in [0.717, 1.165) is 6.42 Å². The first-order valence-corrected chi connectivity index (χ1v) is 6.72. The van der Waals surface area contributed by atoms with Gasteiger partial charge in [-0.15, -0.1) is 0 Å². The number of carbonyl (C=O) groups excluding carboxylic acids is 1. The van der Waals surface area contributed by atoms with Gasteiger partial charge in [-0.05, 0) is 19.3 Å². The van der Waals surface area contributed by atoms with Gasteiger partial charge >= 0.3 is 0 Å². The molecular weight excluding hydrogens is 258 g/mol. The van der Waals surface area contributed by atoms with Gasteiger partial charge in [-0.1, -0.05) is 20.8 Å². The molecule has 1 unspecified atom stereocenters. The highest BCUT2D eigenvalue weighted by Gasteiger charge is 2.25. The number of hydrogen-bond donors (Lipinski definition) is 1. The van der Waals surface area contributed by atoms with Gasteiger partial charge < -0.3 is 9.47 Å². The summed E-state index contributed by atoms with van der Waals surface area (Å²) in [6.45, 7) is 7.65. The summed E-state index contributed by atoms with van der Waals surface area (Å²) < 4.78 is 10.3. The molecule has 112 valence electrons. The van der Waals surface area contributed by atoms with Gasteiger partial charge in [-0.3, -0.25) is 14.6 Å². The molecule has 1 aromatic rings. The van der Waals surface area contributed by atoms with Gasteiger partial charge in [0.05, 0.1) is 19.8 Å². The summed E-state index contributed by atoms with van der Waals surface area (Å²) in [5, 5.41) is 0. The molecule has 1 N–H and O–H groups in total. The number of carbonyl (C=O) groups is 1. The largest absolute Gasteiger partial charge is 0.491 e. The van der Waals surface area contributed by atoms with Gasteiger partial charge in [0.1, 0.15) is 0 Å². The molecule has 0 fully saturated rings. The van der Waals surface area contributed by atoms with E-state index in [1.807, 2.05) is 6.92 Å². The van der Waals surface area contributed by atoms with Crippen molar-refractivity contribution in [2.24, 2.45) is 11.8 Å². The van der Waals surface area contributed by atoms with Gasteiger partial charge in [0.15, 0.2) is 11.5 Å². The normalized spacial score (nSPS) is 12.3. The van der Waals surface area contributed by atoms with Gasteiger partial charge in [-0.2, -0.15) is 0 Å². The van der Waals surface area contributed by atoms with E-state index in [1.165, 1.54) is 14.2 Å². The van der Waals surface area contributed by atoms with Crippen LogP contribution >= 0.6 is 0 Å². The van der Waals surface area contributed by atoms with E-state index in [2.05, 4.69) is 18.8 Å². The molecule has 0 spiro atoms. The lowest BCUT2D eigenvalue weighted by atomic mass is 9.90. The molecule has 0 aliphatic carbocycles. The van der Waals surface area contributed by atoms with Gasteiger partial charge in [0.25, 0.3) is 5.56 Å². The standard InChI is InChI=1S/C15H23NO4/c1-8(2)7-9(3)12(17)11-10(4)13(19-5)15(20-6)16-14(11)18/h8-9H,7H2,1-6H3,(H,16,18). The molecule has 0 amide bonds. The SMILES string of the molecule is COc1[nH]c(=O)c(C(=O)C(C)CC(C)C)c(C)c1OC. The van der Waals surface area contributed by atoms with Crippen LogP contribution in [0.4, 0.5) is 0 Å². The number of ether oxygens (including phenoxy) is 2. The number of nitrogens with one attached hydrogen (secondary N) is 1. The molecule has 5 nitrogen and oxygen atoms in total. The topological polar surface area (TPSA) is 68.4 Å². The van der Waals surface area contributed by atoms with Crippen molar-refractivity contribution >= 4 is 5.78 Å². The molecule has 0 aliphatic heterocycles. The third-order valence-corrected chi connectivity index (χ3v) is 3.30. The monoisotopic (exact) mass is 281 g/mol. The Morgan fingerprint density at radius 1 is 1.20 bits per heavy atom. The van der Waals surface area contributed by atoms with Crippen LogP contribution in [-0.2, 0) is 0 Å². The van der Waals surface area contributed by atoms with Crippen LogP contribution < -0.4 is 15.0 Å². The minimum absolute atomic E-state index is 0.154. The van der Waals surface area contributed by atoms with Crippen LogP contribution in [0.15, 0.2) is 4.79 Å². The molecule has 0 radical (unpaired) electrons. The molecule has 0 bridgehead atoms. The fourth-order valence-corrected chi connectivity index (χ4v) is 2.42. The quantitative estimate of drug-likeness (QED) is 0.814. The van der Waals surface area contributed by atoms with Crippen molar-refractivity contribution in [3.05, 3.63) is 21.5 Å². The Bertz CT molecular complexity index is 546. The van der Waals surface area contributed by atoms with E-state index < -0.39 is 5.56 Å². The molecule has 1 heterocycles. The third-order valence-electron chi connectivity index (χ3n) is 3.30. The van der Waals surface area contributed by atoms with Gasteiger partial charge in [-0.25, -0.2) is 0 Å². The van der Waals surface area contributed by atoms with Crippen LogP contribution in [0.1, 0.15) is 43.1 Å². The fraction of sp³-hybridized carbons (Fsp3) is 0.600. The molecule has 1 atom stereocenters. The van der Waals surface area contributed by atoms with Crippen LogP contribution in [0.2, 0.25) is 0 Å². The highest BCUT2D eigenvalue weighted by molar-refractivity contribution is 5.99. The molecule has 1 rings (SSSR count). The molecule has 0 saturated carbocycles. The van der Waals surface area contributed by atoms with Crippen molar-refractivity contribution in [3.63, 3.8) is 0 Å². The second-order valence-electron chi connectivity index (χ2n) is 5.42. The number of hydrogen-bond acceptors (Lipinski definition) is 4. The van der Waals surface area contributed by atoms with Crippen LogP contribution in [0.25, 0.3) is 0 Å². The van der Waals surface area contributed by atoms with E-state index >= 15 is 0 Å². The van der Waals surface area contributed by atoms with Gasteiger partial charge in [0.2, 0.25) is 5.88 Å². The molecular formula is C15H23NO4. The van der Waals surface area contributed by atoms with Crippen molar-refractivity contribution in [1.29, 1.82) is 0 Å². The number of ketones is 1. The summed E-state index contributed by atoms with van der Waals surface area (Å²) in [6, 6.07) is 0. The second-order valence-corrected chi connectivity index (χ2v) is 5.42. The van der Waals surface area contributed by atoms with E-state index in [-0.39, 0.29) is 23.1 Å². The first-order valence-electron chi connectivity index (χ1n) is 6.72. The van der Waals surface area contributed by atoms with Crippen molar-refractivity contribution in [2.75, 3.05) is 14.2 Å². The van der Waals surface area contributed by atoms with E-state index in [9.17, 15) is 9.59 Å². The number of Topliss-reactive ketones (excluding diaryl/α,β-unsaturated/α-hetero) is 1. The Labute approximate surface area is 119 Å². The maximum atomic E-state index is 12.5. The minimum Gasteiger partial charge on any atom is -0.491 e. The number of H-pyrrole nitrogens is 1. The average molecular weight is 281 g/mol. The summed E-state index contributed by atoms with van der Waals surface area (Å²) >= 11 is 0. The average Bonchev–Trinajstić information content (AvgIpc) is 2.36. The number of methoxy groups -OCH3 is 2. The molecule has 1 aromatic heterocycles. The maximum Gasteiger partial charge on any atom is 0.262 e. The molecule has 0 aliphatic rings. The predicted molar refractivity (Wildman–Crippen MR) is 77.9 cm³/mol. The van der Waals surface area contributed by atoms with Crippen LogP contribution in [0, 0.1) is 18.8 Å². The molecule has 20 heavy (non-hydrogen) atoms. The Kier molecular flexibility index (Phi) is 5.36. The third kappa shape index (κ3) is 3.21. The fourth-order valence-electron chi connectivity index (χ4n) is 2.42. The summed E-state index contributed by atoms with van der Waals surface area (Å²) in [5.41, 5.74) is 0.255. The minimum atomic E-state index is -0.430. The highest BCUT2D eigenvalue weighted by Crippen LogP contribution is 2.29. The van der Waals surface area contributed by atoms with E-state index in [0.29, 0.717) is 17.2 Å². The summed E-state index contributed by atoms with van der Waals surface area (Å²) in [7, 11) is 2.92. The predicted octanol–water partition coefficient (Wildman–Crippen LogP) is 2.57. The van der Waals surface area contributed by atoms with Crippen LogP contribution in [0.5, 0.6) is 11.6 Å². The summed E-state index contributed by atoms with van der Waals surface area (Å²) in [6.07, 6.45) is 0.742. The lowest BCUT2D eigenvalue weighted by molar-refractivity contribution is 0.0912. The zero-order valence-electron chi connectivity index (χ0n) is 13.0. The number of aromatic amines is 1.